The number of hydrogen-bond donors (Lipinski definition) is 0. The highest BCUT2D eigenvalue weighted by Crippen LogP contribution is 2.24. The van der Waals surface area contributed by atoms with Gasteiger partial charge < -0.3 is 4.74 Å². The van der Waals surface area contributed by atoms with Crippen LogP contribution in [-0.2, 0) is 13.0 Å². The molecule has 0 unspecified atom stereocenters. The molecule has 3 nitrogen and oxygen atoms in total. The topological polar surface area (TPSA) is 45.9 Å². The Morgan fingerprint density at radius 1 is 1.07 bits per heavy atom. The zero-order valence-corrected chi connectivity index (χ0v) is 15.4. The van der Waals surface area contributed by atoms with Gasteiger partial charge in [-0.1, -0.05) is 36.4 Å². The third-order valence-electron chi connectivity index (χ3n) is 4.12. The van der Waals surface area contributed by atoms with E-state index in [4.69, 9.17) is 10.00 Å². The SMILES string of the molecule is C=C(C)Cc1ccc(-c2cccc(OCc3ccc(C#N)cc3F)n2)cc1F. The van der Waals surface area contributed by atoms with E-state index in [9.17, 15) is 8.78 Å². The molecule has 3 aromatic rings. The van der Waals surface area contributed by atoms with Crippen LogP contribution in [0.1, 0.15) is 23.6 Å². The summed E-state index contributed by atoms with van der Waals surface area (Å²) in [5.74, 6) is -0.522. The van der Waals surface area contributed by atoms with E-state index in [0.717, 1.165) is 11.6 Å². The summed E-state index contributed by atoms with van der Waals surface area (Å²) in [6.07, 6.45) is 0.485. The van der Waals surface area contributed by atoms with Crippen molar-refractivity contribution < 1.29 is 13.5 Å². The van der Waals surface area contributed by atoms with Crippen molar-refractivity contribution in [2.45, 2.75) is 20.0 Å². The molecule has 28 heavy (non-hydrogen) atoms. The van der Waals surface area contributed by atoms with Gasteiger partial charge in [0.25, 0.3) is 0 Å². The summed E-state index contributed by atoms with van der Waals surface area (Å²) >= 11 is 0. The summed E-state index contributed by atoms with van der Waals surface area (Å²) in [4.78, 5) is 4.37. The minimum absolute atomic E-state index is 0.0279. The first-order chi connectivity index (χ1) is 13.5. The van der Waals surface area contributed by atoms with E-state index in [2.05, 4.69) is 11.6 Å². The average Bonchev–Trinajstić information content (AvgIpc) is 2.68. The molecule has 0 aliphatic rings. The van der Waals surface area contributed by atoms with Crippen molar-refractivity contribution in [2.24, 2.45) is 0 Å². The number of allylic oxidation sites excluding steroid dienone is 1. The summed E-state index contributed by atoms with van der Waals surface area (Å²) in [5, 5.41) is 8.79. The molecule has 0 spiro atoms. The van der Waals surface area contributed by atoms with Crippen molar-refractivity contribution in [3.05, 3.63) is 95.1 Å². The lowest BCUT2D eigenvalue weighted by atomic mass is 10.0. The lowest BCUT2D eigenvalue weighted by Crippen LogP contribution is -2.01. The van der Waals surface area contributed by atoms with E-state index >= 15 is 0 Å². The molecular formula is C23H18F2N2O. The molecular weight excluding hydrogens is 358 g/mol. The molecule has 1 heterocycles. The first kappa shape index (κ1) is 19.2. The number of halogens is 2. The van der Waals surface area contributed by atoms with Crippen LogP contribution < -0.4 is 4.74 Å². The largest absolute Gasteiger partial charge is 0.473 e. The van der Waals surface area contributed by atoms with E-state index in [1.54, 1.807) is 30.3 Å². The fourth-order valence-electron chi connectivity index (χ4n) is 2.72. The number of nitriles is 1. The third kappa shape index (κ3) is 4.60. The molecule has 2 aromatic carbocycles. The Balaban J connectivity index is 1.76. The van der Waals surface area contributed by atoms with Crippen LogP contribution in [0.15, 0.2) is 66.7 Å². The van der Waals surface area contributed by atoms with Crippen LogP contribution in [0.3, 0.4) is 0 Å². The van der Waals surface area contributed by atoms with Gasteiger partial charge in [-0.15, -0.1) is 0 Å². The molecule has 0 saturated heterocycles. The number of rotatable bonds is 6. The monoisotopic (exact) mass is 376 g/mol. The highest BCUT2D eigenvalue weighted by atomic mass is 19.1. The van der Waals surface area contributed by atoms with Gasteiger partial charge in [0, 0.05) is 17.2 Å². The summed E-state index contributed by atoms with van der Waals surface area (Å²) in [5.41, 5.74) is 3.21. The zero-order valence-electron chi connectivity index (χ0n) is 15.4. The highest BCUT2D eigenvalue weighted by Gasteiger charge is 2.09. The molecule has 0 bridgehead atoms. The van der Waals surface area contributed by atoms with E-state index in [-0.39, 0.29) is 18.0 Å². The number of benzene rings is 2. The van der Waals surface area contributed by atoms with Gasteiger partial charge in [-0.3, -0.25) is 0 Å². The Morgan fingerprint density at radius 2 is 1.82 bits per heavy atom. The van der Waals surface area contributed by atoms with Crippen LogP contribution in [0.2, 0.25) is 0 Å². The van der Waals surface area contributed by atoms with Crippen LogP contribution in [0.5, 0.6) is 5.88 Å². The normalized spacial score (nSPS) is 10.4. The van der Waals surface area contributed by atoms with E-state index in [0.29, 0.717) is 34.7 Å². The number of hydrogen-bond acceptors (Lipinski definition) is 3. The number of nitrogens with zero attached hydrogens (tertiary/aromatic N) is 2. The molecule has 0 fully saturated rings. The molecule has 0 N–H and O–H groups in total. The van der Waals surface area contributed by atoms with Gasteiger partial charge >= 0.3 is 0 Å². The predicted octanol–water partition coefficient (Wildman–Crippen LogP) is 5.60. The van der Waals surface area contributed by atoms with Gasteiger partial charge in [-0.05, 0) is 43.2 Å². The molecule has 0 saturated carbocycles. The number of aromatic nitrogens is 1. The number of ether oxygens (including phenoxy) is 1. The Hall–Kier alpha value is -3.52. The van der Waals surface area contributed by atoms with Crippen LogP contribution in [-0.4, -0.2) is 4.98 Å². The summed E-state index contributed by atoms with van der Waals surface area (Å²) in [6, 6.07) is 16.2. The fourth-order valence-corrected chi connectivity index (χ4v) is 2.72. The third-order valence-corrected chi connectivity index (χ3v) is 4.12. The molecule has 1 aromatic heterocycles. The second kappa shape index (κ2) is 8.45. The Labute approximate surface area is 162 Å². The molecule has 0 aliphatic heterocycles. The molecule has 0 aliphatic carbocycles. The van der Waals surface area contributed by atoms with Crippen molar-refractivity contribution in [2.75, 3.05) is 0 Å². The smallest absolute Gasteiger partial charge is 0.214 e. The first-order valence-corrected chi connectivity index (χ1v) is 8.68. The second-order valence-electron chi connectivity index (χ2n) is 6.51. The zero-order chi connectivity index (χ0) is 20.1. The van der Waals surface area contributed by atoms with E-state index in [1.807, 2.05) is 13.0 Å². The maximum atomic E-state index is 14.3. The van der Waals surface area contributed by atoms with Gasteiger partial charge in [0.15, 0.2) is 0 Å². The van der Waals surface area contributed by atoms with Crippen LogP contribution >= 0.6 is 0 Å². The lowest BCUT2D eigenvalue weighted by molar-refractivity contribution is 0.288. The molecule has 140 valence electrons. The maximum absolute atomic E-state index is 14.3. The van der Waals surface area contributed by atoms with E-state index < -0.39 is 5.82 Å². The molecule has 0 radical (unpaired) electrons. The van der Waals surface area contributed by atoms with Crippen LogP contribution in [0.4, 0.5) is 8.78 Å². The Kier molecular flexibility index (Phi) is 5.81. The van der Waals surface area contributed by atoms with Gasteiger partial charge in [0.1, 0.15) is 18.2 Å². The summed E-state index contributed by atoms with van der Waals surface area (Å²) in [6.45, 7) is 5.63. The fraction of sp³-hybridized carbons (Fsp3) is 0.130. The van der Waals surface area contributed by atoms with Crippen molar-refractivity contribution in [3.63, 3.8) is 0 Å². The van der Waals surface area contributed by atoms with Crippen LogP contribution in [0.25, 0.3) is 11.3 Å². The van der Waals surface area contributed by atoms with Gasteiger partial charge in [0.2, 0.25) is 5.88 Å². The minimum Gasteiger partial charge on any atom is -0.473 e. The Bertz CT molecular complexity index is 1070. The van der Waals surface area contributed by atoms with Gasteiger partial charge in [-0.25, -0.2) is 13.8 Å². The maximum Gasteiger partial charge on any atom is 0.214 e. The van der Waals surface area contributed by atoms with Gasteiger partial charge in [-0.2, -0.15) is 5.26 Å². The van der Waals surface area contributed by atoms with E-state index in [1.165, 1.54) is 18.2 Å². The van der Waals surface area contributed by atoms with Crippen molar-refractivity contribution >= 4 is 0 Å². The van der Waals surface area contributed by atoms with Crippen molar-refractivity contribution in [1.29, 1.82) is 5.26 Å². The molecule has 0 atom stereocenters. The molecule has 3 rings (SSSR count). The highest BCUT2D eigenvalue weighted by molar-refractivity contribution is 5.60. The Morgan fingerprint density at radius 3 is 2.50 bits per heavy atom. The number of pyridine rings is 1. The van der Waals surface area contributed by atoms with Crippen LogP contribution in [0, 0.1) is 23.0 Å². The summed E-state index contributed by atoms with van der Waals surface area (Å²) < 4.78 is 33.8. The average molecular weight is 376 g/mol. The van der Waals surface area contributed by atoms with Crippen molar-refractivity contribution in [3.8, 4) is 23.2 Å². The molecule has 5 heteroatoms. The van der Waals surface area contributed by atoms with Crippen molar-refractivity contribution in [1.82, 2.24) is 4.98 Å². The summed E-state index contributed by atoms with van der Waals surface area (Å²) in [7, 11) is 0. The molecule has 0 amide bonds. The minimum atomic E-state index is -0.509. The predicted molar refractivity (Wildman–Crippen MR) is 104 cm³/mol. The second-order valence-corrected chi connectivity index (χ2v) is 6.51. The lowest BCUT2D eigenvalue weighted by Gasteiger charge is -2.09. The quantitative estimate of drug-likeness (QED) is 0.526. The van der Waals surface area contributed by atoms with Gasteiger partial charge in [0.05, 0.1) is 17.3 Å². The first-order valence-electron chi connectivity index (χ1n) is 8.68. The standard InChI is InChI=1S/C23H18F2N2O/c1-15(2)10-17-8-9-18(12-21(17)25)22-4-3-5-23(27-22)28-14-19-7-6-16(13-26)11-20(19)24/h3-9,11-12H,1,10,14H2,2H3.